The number of nitrogens with two attached hydrogens (primary N) is 1. The van der Waals surface area contributed by atoms with E-state index in [9.17, 15) is 10.1 Å². The molecule has 20 heavy (non-hydrogen) atoms. The number of piperidine rings is 1. The molecule has 7 heteroatoms. The first kappa shape index (κ1) is 12.9. The minimum Gasteiger partial charge on any atom is -0.423 e. The van der Waals surface area contributed by atoms with Crippen molar-refractivity contribution in [3.05, 3.63) is 28.3 Å². The molecule has 2 N–H and O–H groups in total. The fourth-order valence-electron chi connectivity index (χ4n) is 2.63. The second-order valence-electron chi connectivity index (χ2n) is 5.23. The topological polar surface area (TPSA) is 98.4 Å². The normalized spacial score (nSPS) is 23.2. The monoisotopic (exact) mass is 276 g/mol. The Kier molecular flexibility index (Phi) is 3.06. The standard InChI is InChI=1S/C13H16N4O3/c1-8-6-9(14)4-5-16(8)13-15-11-7-10(17(18)19)2-3-12(11)20-13/h2-3,7-9H,4-6,14H2,1H3. The van der Waals surface area contributed by atoms with Crippen LogP contribution in [0.5, 0.6) is 0 Å². The van der Waals surface area contributed by atoms with E-state index in [1.165, 1.54) is 12.1 Å². The first-order valence-corrected chi connectivity index (χ1v) is 6.62. The number of nitrogens with zero attached hydrogens (tertiary/aromatic N) is 3. The van der Waals surface area contributed by atoms with Crippen molar-refractivity contribution in [2.75, 3.05) is 11.4 Å². The summed E-state index contributed by atoms with van der Waals surface area (Å²) in [6.07, 6.45) is 1.78. The molecule has 0 saturated carbocycles. The highest BCUT2D eigenvalue weighted by Gasteiger charge is 2.27. The SMILES string of the molecule is CC1CC(N)CCN1c1nc2cc([N+](=O)[O-])ccc2o1. The molecule has 2 aromatic rings. The number of nitro benzene ring substituents is 1. The average molecular weight is 276 g/mol. The van der Waals surface area contributed by atoms with Crippen LogP contribution in [0, 0.1) is 10.1 Å². The highest BCUT2D eigenvalue weighted by Crippen LogP contribution is 2.29. The van der Waals surface area contributed by atoms with Gasteiger partial charge in [-0.1, -0.05) is 0 Å². The quantitative estimate of drug-likeness (QED) is 0.665. The minimum atomic E-state index is -0.434. The Morgan fingerprint density at radius 2 is 2.35 bits per heavy atom. The van der Waals surface area contributed by atoms with Crippen LogP contribution < -0.4 is 10.6 Å². The average Bonchev–Trinajstić information content (AvgIpc) is 2.80. The first-order chi connectivity index (χ1) is 9.54. The number of non-ortho nitro benzene ring substituents is 1. The second-order valence-corrected chi connectivity index (χ2v) is 5.23. The first-order valence-electron chi connectivity index (χ1n) is 6.62. The van der Waals surface area contributed by atoms with Crippen LogP contribution in [0.4, 0.5) is 11.7 Å². The zero-order valence-corrected chi connectivity index (χ0v) is 11.2. The summed E-state index contributed by atoms with van der Waals surface area (Å²) in [4.78, 5) is 16.8. The van der Waals surface area contributed by atoms with Crippen LogP contribution in [0.2, 0.25) is 0 Å². The maximum absolute atomic E-state index is 10.8. The van der Waals surface area contributed by atoms with Gasteiger partial charge in [0.2, 0.25) is 0 Å². The largest absolute Gasteiger partial charge is 0.423 e. The molecule has 1 aliphatic rings. The van der Waals surface area contributed by atoms with Crippen LogP contribution in [0.1, 0.15) is 19.8 Å². The van der Waals surface area contributed by atoms with Gasteiger partial charge in [-0.25, -0.2) is 0 Å². The highest BCUT2D eigenvalue weighted by atomic mass is 16.6. The third kappa shape index (κ3) is 2.20. The van der Waals surface area contributed by atoms with Crippen molar-refractivity contribution in [3.63, 3.8) is 0 Å². The lowest BCUT2D eigenvalue weighted by Gasteiger charge is -2.35. The van der Waals surface area contributed by atoms with Crippen molar-refractivity contribution in [1.29, 1.82) is 0 Å². The maximum atomic E-state index is 10.8. The van der Waals surface area contributed by atoms with Crippen LogP contribution in [0.3, 0.4) is 0 Å². The number of benzene rings is 1. The summed E-state index contributed by atoms with van der Waals surface area (Å²) in [6.45, 7) is 2.87. The molecule has 0 bridgehead atoms. The summed E-state index contributed by atoms with van der Waals surface area (Å²) in [7, 11) is 0. The molecule has 2 heterocycles. The summed E-state index contributed by atoms with van der Waals surface area (Å²) >= 11 is 0. The molecule has 2 atom stereocenters. The van der Waals surface area contributed by atoms with Gasteiger partial charge < -0.3 is 15.1 Å². The number of anilines is 1. The number of aromatic nitrogens is 1. The Morgan fingerprint density at radius 3 is 3.05 bits per heavy atom. The lowest BCUT2D eigenvalue weighted by molar-refractivity contribution is -0.384. The maximum Gasteiger partial charge on any atom is 0.298 e. The third-order valence-corrected chi connectivity index (χ3v) is 3.73. The Morgan fingerprint density at radius 1 is 1.55 bits per heavy atom. The van der Waals surface area contributed by atoms with Gasteiger partial charge >= 0.3 is 0 Å². The van der Waals surface area contributed by atoms with E-state index in [2.05, 4.69) is 16.8 Å². The van der Waals surface area contributed by atoms with Crippen molar-refractivity contribution in [3.8, 4) is 0 Å². The number of fused-ring (bicyclic) bond motifs is 1. The number of hydrogen-bond acceptors (Lipinski definition) is 6. The van der Waals surface area contributed by atoms with Gasteiger partial charge in [0.15, 0.2) is 5.58 Å². The Labute approximate surface area is 115 Å². The molecule has 7 nitrogen and oxygen atoms in total. The minimum absolute atomic E-state index is 0.0195. The third-order valence-electron chi connectivity index (χ3n) is 3.73. The van der Waals surface area contributed by atoms with E-state index in [1.54, 1.807) is 6.07 Å². The van der Waals surface area contributed by atoms with Gasteiger partial charge in [-0.3, -0.25) is 10.1 Å². The molecule has 0 radical (unpaired) electrons. The van der Waals surface area contributed by atoms with Crippen molar-refractivity contribution in [2.45, 2.75) is 31.8 Å². The predicted octanol–water partition coefficient (Wildman–Crippen LogP) is 2.05. The number of hydrogen-bond donors (Lipinski definition) is 1. The van der Waals surface area contributed by atoms with Gasteiger partial charge in [-0.15, -0.1) is 0 Å². The Balaban J connectivity index is 1.94. The van der Waals surface area contributed by atoms with E-state index in [0.29, 0.717) is 17.1 Å². The number of oxazole rings is 1. The molecule has 1 fully saturated rings. The van der Waals surface area contributed by atoms with Gasteiger partial charge in [-0.05, 0) is 25.8 Å². The van der Waals surface area contributed by atoms with Crippen molar-refractivity contribution in [2.24, 2.45) is 5.73 Å². The van der Waals surface area contributed by atoms with Crippen molar-refractivity contribution >= 4 is 22.8 Å². The zero-order chi connectivity index (χ0) is 14.3. The van der Waals surface area contributed by atoms with Crippen LogP contribution >= 0.6 is 0 Å². The van der Waals surface area contributed by atoms with Gasteiger partial charge in [0.1, 0.15) is 5.52 Å². The van der Waals surface area contributed by atoms with Crippen molar-refractivity contribution < 1.29 is 9.34 Å². The fraction of sp³-hybridized carbons (Fsp3) is 0.462. The molecule has 3 rings (SSSR count). The highest BCUT2D eigenvalue weighted by molar-refractivity contribution is 5.77. The lowest BCUT2D eigenvalue weighted by Crippen LogP contribution is -2.45. The number of rotatable bonds is 2. The summed E-state index contributed by atoms with van der Waals surface area (Å²) in [5.41, 5.74) is 7.03. The second kappa shape index (κ2) is 4.75. The van der Waals surface area contributed by atoms with Gasteiger partial charge in [0, 0.05) is 30.8 Å². The molecule has 0 aliphatic carbocycles. The summed E-state index contributed by atoms with van der Waals surface area (Å²) in [6, 6.07) is 5.42. The molecule has 1 saturated heterocycles. The lowest BCUT2D eigenvalue weighted by atomic mass is 10.00. The predicted molar refractivity (Wildman–Crippen MR) is 74.7 cm³/mol. The van der Waals surface area contributed by atoms with E-state index in [4.69, 9.17) is 10.2 Å². The summed E-state index contributed by atoms with van der Waals surface area (Å²) in [5, 5.41) is 10.8. The molecular formula is C13H16N4O3. The van der Waals surface area contributed by atoms with E-state index in [0.717, 1.165) is 19.4 Å². The zero-order valence-electron chi connectivity index (χ0n) is 11.2. The van der Waals surface area contributed by atoms with Crippen LogP contribution in [-0.2, 0) is 0 Å². The molecule has 106 valence electrons. The van der Waals surface area contributed by atoms with E-state index in [1.807, 2.05) is 0 Å². The van der Waals surface area contributed by atoms with E-state index in [-0.39, 0.29) is 17.8 Å². The fourth-order valence-corrected chi connectivity index (χ4v) is 2.63. The molecule has 1 aromatic heterocycles. The van der Waals surface area contributed by atoms with Crippen LogP contribution in [0.25, 0.3) is 11.1 Å². The molecule has 2 unspecified atom stereocenters. The van der Waals surface area contributed by atoms with Crippen LogP contribution in [-0.4, -0.2) is 28.5 Å². The van der Waals surface area contributed by atoms with Crippen molar-refractivity contribution in [1.82, 2.24) is 4.98 Å². The smallest absolute Gasteiger partial charge is 0.298 e. The molecule has 0 amide bonds. The van der Waals surface area contributed by atoms with E-state index >= 15 is 0 Å². The Hall–Kier alpha value is -2.15. The molecular weight excluding hydrogens is 260 g/mol. The van der Waals surface area contributed by atoms with Gasteiger partial charge in [0.05, 0.1) is 4.92 Å². The molecule has 1 aromatic carbocycles. The Bertz CT molecular complexity index is 654. The van der Waals surface area contributed by atoms with E-state index < -0.39 is 4.92 Å². The summed E-state index contributed by atoms with van der Waals surface area (Å²) in [5.74, 6) is 0. The van der Waals surface area contributed by atoms with Gasteiger partial charge in [0.25, 0.3) is 11.7 Å². The molecule has 1 aliphatic heterocycles. The van der Waals surface area contributed by atoms with Crippen LogP contribution in [0.15, 0.2) is 22.6 Å². The van der Waals surface area contributed by atoms with Gasteiger partial charge in [-0.2, -0.15) is 4.98 Å². The summed E-state index contributed by atoms with van der Waals surface area (Å²) < 4.78 is 5.70. The number of nitro groups is 1. The molecule has 0 spiro atoms.